The lowest BCUT2D eigenvalue weighted by molar-refractivity contribution is -0.129. The predicted octanol–water partition coefficient (Wildman–Crippen LogP) is 1.64. The minimum atomic E-state index is -0.765. The van der Waals surface area contributed by atoms with Crippen molar-refractivity contribution in [2.75, 3.05) is 4.90 Å². The number of nitrogens with zero attached hydrogens (tertiary/aromatic N) is 3. The van der Waals surface area contributed by atoms with Crippen LogP contribution in [-0.2, 0) is 28.0 Å². The van der Waals surface area contributed by atoms with Crippen molar-refractivity contribution in [3.8, 4) is 0 Å². The smallest absolute Gasteiger partial charge is 0.331 e. The topological polar surface area (TPSA) is 110 Å². The summed E-state index contributed by atoms with van der Waals surface area (Å²) < 4.78 is 2.04. The first-order valence-electron chi connectivity index (χ1n) is 10.6. The van der Waals surface area contributed by atoms with Crippen LogP contribution in [0.3, 0.4) is 0 Å². The first kappa shape index (κ1) is 26.1. The maximum Gasteiger partial charge on any atom is 0.331 e. The number of Topliss-reactive ketones (excluding diaryl/α,β-unsaturated/α-hetero) is 1. The summed E-state index contributed by atoms with van der Waals surface area (Å²) in [5.41, 5.74) is -0.843. The molecular weight excluding hydrogens is 400 g/mol. The van der Waals surface area contributed by atoms with Crippen molar-refractivity contribution in [1.29, 1.82) is 0 Å². The first-order valence-corrected chi connectivity index (χ1v) is 10.6. The fourth-order valence-corrected chi connectivity index (χ4v) is 3.17. The van der Waals surface area contributed by atoms with Gasteiger partial charge in [0.05, 0.1) is 6.04 Å². The zero-order valence-corrected chi connectivity index (χ0v) is 19.5. The predicted molar refractivity (Wildman–Crippen MR) is 120 cm³/mol. The van der Waals surface area contributed by atoms with Crippen molar-refractivity contribution in [3.63, 3.8) is 0 Å². The third-order valence-electron chi connectivity index (χ3n) is 5.34. The van der Waals surface area contributed by atoms with E-state index in [0.29, 0.717) is 12.1 Å². The molecule has 1 heterocycles. The third kappa shape index (κ3) is 6.26. The van der Waals surface area contributed by atoms with Crippen LogP contribution in [0.4, 0.5) is 5.69 Å². The second-order valence-electron chi connectivity index (χ2n) is 7.74. The van der Waals surface area contributed by atoms with E-state index in [1.165, 1.54) is 18.5 Å². The molecular formula is C22H34N4O5. The Labute approximate surface area is 182 Å². The summed E-state index contributed by atoms with van der Waals surface area (Å²) >= 11 is 0. The van der Waals surface area contributed by atoms with Crippen LogP contribution in [0.5, 0.6) is 0 Å². The Morgan fingerprint density at radius 3 is 2.29 bits per heavy atom. The van der Waals surface area contributed by atoms with Gasteiger partial charge in [0.1, 0.15) is 12.2 Å². The molecule has 2 amide bonds. The molecule has 0 aromatic carbocycles. The summed E-state index contributed by atoms with van der Waals surface area (Å²) in [6.45, 7) is 9.69. The largest absolute Gasteiger partial charge is 0.332 e. The molecule has 0 bridgehead atoms. The van der Waals surface area contributed by atoms with Gasteiger partial charge in [-0.2, -0.15) is 0 Å². The van der Waals surface area contributed by atoms with Crippen molar-refractivity contribution < 1.29 is 14.4 Å². The number of carbonyl (C=O) groups is 3. The summed E-state index contributed by atoms with van der Waals surface area (Å²) in [7, 11) is 1.50. The number of hydrogen-bond acceptors (Lipinski definition) is 6. The van der Waals surface area contributed by atoms with E-state index in [1.807, 2.05) is 26.8 Å². The van der Waals surface area contributed by atoms with E-state index in [2.05, 4.69) is 5.32 Å². The van der Waals surface area contributed by atoms with Crippen molar-refractivity contribution in [1.82, 2.24) is 14.5 Å². The van der Waals surface area contributed by atoms with E-state index >= 15 is 0 Å². The van der Waals surface area contributed by atoms with Crippen LogP contribution in [0.1, 0.15) is 59.6 Å². The minimum absolute atomic E-state index is 0.0304. The number of allylic oxidation sites excluding steroid dienone is 1. The fourth-order valence-electron chi connectivity index (χ4n) is 3.17. The molecule has 0 aliphatic carbocycles. The Kier molecular flexibility index (Phi) is 9.61. The Morgan fingerprint density at radius 2 is 1.77 bits per heavy atom. The van der Waals surface area contributed by atoms with Crippen LogP contribution in [0.2, 0.25) is 0 Å². The zero-order valence-electron chi connectivity index (χ0n) is 19.5. The molecule has 0 saturated carbocycles. The highest BCUT2D eigenvalue weighted by Crippen LogP contribution is 2.20. The molecule has 0 fully saturated rings. The van der Waals surface area contributed by atoms with Crippen LogP contribution in [0.25, 0.3) is 0 Å². The highest BCUT2D eigenvalue weighted by atomic mass is 16.2. The highest BCUT2D eigenvalue weighted by Gasteiger charge is 2.29. The normalized spacial score (nSPS) is 13.1. The van der Waals surface area contributed by atoms with Gasteiger partial charge in [0.25, 0.3) is 5.56 Å². The Morgan fingerprint density at radius 1 is 1.16 bits per heavy atom. The van der Waals surface area contributed by atoms with Gasteiger partial charge in [0.2, 0.25) is 11.8 Å². The fraction of sp³-hybridized carbons (Fsp3) is 0.591. The number of nitrogens with one attached hydrogen (secondary N) is 1. The van der Waals surface area contributed by atoms with Gasteiger partial charge < -0.3 is 4.90 Å². The summed E-state index contributed by atoms with van der Waals surface area (Å²) in [6, 6.07) is -0.647. The van der Waals surface area contributed by atoms with E-state index in [9.17, 15) is 24.0 Å². The number of carbonyl (C=O) groups excluding carboxylic acids is 3. The number of imide groups is 1. The van der Waals surface area contributed by atoms with Gasteiger partial charge >= 0.3 is 5.69 Å². The lowest BCUT2D eigenvalue weighted by atomic mass is 9.97. The Balaban J connectivity index is 3.68. The molecule has 9 nitrogen and oxygen atoms in total. The molecule has 1 rings (SSSR count). The molecule has 0 saturated heterocycles. The summed E-state index contributed by atoms with van der Waals surface area (Å²) in [5.74, 6) is -1.58. The van der Waals surface area contributed by atoms with Crippen molar-refractivity contribution in [2.45, 2.75) is 73.4 Å². The molecule has 1 N–H and O–H groups in total. The second kappa shape index (κ2) is 11.4. The number of hydrogen-bond donors (Lipinski definition) is 1. The molecule has 9 heteroatoms. The molecule has 1 aromatic heterocycles. The van der Waals surface area contributed by atoms with Crippen LogP contribution in [-0.4, -0.2) is 32.8 Å². The Bertz CT molecular complexity index is 973. The maximum absolute atomic E-state index is 13.3. The van der Waals surface area contributed by atoms with Crippen LogP contribution >= 0.6 is 0 Å². The number of amides is 2. The standard InChI is InChI=1S/C22H34N4O5/c1-8-10-11-12-25(16(5)20(29)14(3)9-2)19-15(4)24(7)22(31)26(21(19)30)13-18(28)23-17(6)27/h11-12,14,16H,8-10,13H2,1-7H3,(H,23,27,28)/b12-11+/t14?,16-/m0/s1. The zero-order chi connectivity index (χ0) is 23.9. The number of rotatable bonds is 10. The summed E-state index contributed by atoms with van der Waals surface area (Å²) in [5, 5.41) is 2.07. The molecule has 0 spiro atoms. The minimum Gasteiger partial charge on any atom is -0.332 e. The lowest BCUT2D eigenvalue weighted by Gasteiger charge is -2.30. The summed E-state index contributed by atoms with van der Waals surface area (Å²) in [4.78, 5) is 63.7. The van der Waals surface area contributed by atoms with E-state index in [0.717, 1.165) is 17.4 Å². The third-order valence-corrected chi connectivity index (χ3v) is 5.34. The Hall–Kier alpha value is -2.97. The van der Waals surface area contributed by atoms with Gasteiger partial charge in [-0.3, -0.25) is 29.1 Å². The van der Waals surface area contributed by atoms with Gasteiger partial charge in [-0.25, -0.2) is 9.36 Å². The molecule has 1 aromatic rings. The molecule has 172 valence electrons. The van der Waals surface area contributed by atoms with Crippen LogP contribution in [0.15, 0.2) is 21.9 Å². The molecule has 0 radical (unpaired) electrons. The van der Waals surface area contributed by atoms with Crippen molar-refractivity contribution in [2.24, 2.45) is 13.0 Å². The second-order valence-corrected chi connectivity index (χ2v) is 7.74. The van der Waals surface area contributed by atoms with Crippen molar-refractivity contribution in [3.05, 3.63) is 38.8 Å². The van der Waals surface area contributed by atoms with Gasteiger partial charge in [-0.1, -0.05) is 33.3 Å². The molecule has 0 aliphatic heterocycles. The average molecular weight is 435 g/mol. The maximum atomic E-state index is 13.3. The molecule has 0 aliphatic rings. The SMILES string of the molecule is CCC/C=C/N(c1c(C)n(C)c(=O)n(CC(=O)NC(C)=O)c1=O)[C@@H](C)C(=O)C(C)CC. The molecule has 1 unspecified atom stereocenters. The molecule has 31 heavy (non-hydrogen) atoms. The van der Waals surface area contributed by atoms with E-state index in [-0.39, 0.29) is 17.4 Å². The van der Waals surface area contributed by atoms with Gasteiger partial charge in [0.15, 0.2) is 5.78 Å². The summed E-state index contributed by atoms with van der Waals surface area (Å²) in [6.07, 6.45) is 5.87. The van der Waals surface area contributed by atoms with Gasteiger partial charge in [0, 0.05) is 31.8 Å². The average Bonchev–Trinajstić information content (AvgIpc) is 2.72. The quantitative estimate of drug-likeness (QED) is 0.599. The number of ketones is 1. The van der Waals surface area contributed by atoms with Crippen molar-refractivity contribution >= 4 is 23.3 Å². The van der Waals surface area contributed by atoms with Gasteiger partial charge in [-0.15, -0.1) is 0 Å². The number of anilines is 1. The van der Waals surface area contributed by atoms with E-state index < -0.39 is 35.6 Å². The van der Waals surface area contributed by atoms with Crippen LogP contribution in [0, 0.1) is 12.8 Å². The van der Waals surface area contributed by atoms with Crippen LogP contribution < -0.4 is 21.5 Å². The first-order chi connectivity index (χ1) is 14.5. The lowest BCUT2D eigenvalue weighted by Crippen LogP contribution is -2.49. The number of aromatic nitrogens is 2. The van der Waals surface area contributed by atoms with E-state index in [4.69, 9.17) is 0 Å². The van der Waals surface area contributed by atoms with E-state index in [1.54, 1.807) is 24.9 Å². The number of unbranched alkanes of at least 4 members (excludes halogenated alkanes) is 1. The van der Waals surface area contributed by atoms with Gasteiger partial charge in [-0.05, 0) is 26.7 Å². The highest BCUT2D eigenvalue weighted by molar-refractivity contribution is 5.93. The molecule has 2 atom stereocenters. The monoisotopic (exact) mass is 434 g/mol.